The van der Waals surface area contributed by atoms with Crippen LogP contribution in [0.5, 0.6) is 0 Å². The van der Waals surface area contributed by atoms with Gasteiger partial charge in [0.1, 0.15) is 0 Å². The number of amides is 1. The van der Waals surface area contributed by atoms with Crippen molar-refractivity contribution in [1.29, 1.82) is 0 Å². The lowest BCUT2D eigenvalue weighted by molar-refractivity contribution is -0.120. The first-order valence-electron chi connectivity index (χ1n) is 6.09. The largest absolute Gasteiger partial charge is 0.387 e. The number of carbonyl (C=O) groups excluding carboxylic acids is 1. The highest BCUT2D eigenvalue weighted by molar-refractivity contribution is 7.09. The molecule has 0 radical (unpaired) electrons. The number of nitrogens with one attached hydrogen (secondary N) is 1. The predicted octanol–water partition coefficient (Wildman–Crippen LogP) is 2.16. The van der Waals surface area contributed by atoms with E-state index in [1.807, 2.05) is 29.1 Å². The summed E-state index contributed by atoms with van der Waals surface area (Å²) in [7, 11) is 0. The summed E-state index contributed by atoms with van der Waals surface area (Å²) < 4.78 is 0. The number of thiophene rings is 1. The first kappa shape index (κ1) is 14.2. The van der Waals surface area contributed by atoms with Crippen LogP contribution in [0.15, 0.2) is 22.2 Å². The normalized spacial score (nSPS) is 12.3. The molecule has 2 N–H and O–H groups in total. The summed E-state index contributed by atoms with van der Waals surface area (Å²) in [6, 6.07) is 1.86. The maximum atomic E-state index is 11.7. The third-order valence-corrected chi connectivity index (χ3v) is 4.41. The second kappa shape index (κ2) is 6.79. The molecule has 0 fully saturated rings. The molecule has 2 heterocycles. The van der Waals surface area contributed by atoms with Gasteiger partial charge in [-0.25, -0.2) is 4.98 Å². The molecule has 102 valence electrons. The van der Waals surface area contributed by atoms with Crippen molar-refractivity contribution in [3.63, 3.8) is 0 Å². The van der Waals surface area contributed by atoms with Gasteiger partial charge in [0.15, 0.2) is 0 Å². The van der Waals surface area contributed by atoms with Crippen LogP contribution in [0.4, 0.5) is 0 Å². The minimum atomic E-state index is -0.642. The third kappa shape index (κ3) is 4.12. The van der Waals surface area contributed by atoms with E-state index in [0.29, 0.717) is 0 Å². The Morgan fingerprint density at radius 3 is 3.00 bits per heavy atom. The molecular formula is C13H16N2O2S2. The average Bonchev–Trinajstić information content (AvgIpc) is 3.06. The van der Waals surface area contributed by atoms with E-state index in [2.05, 4.69) is 10.3 Å². The fraction of sp³-hybridized carbons (Fsp3) is 0.385. The summed E-state index contributed by atoms with van der Waals surface area (Å²) >= 11 is 3.10. The van der Waals surface area contributed by atoms with Crippen molar-refractivity contribution in [2.24, 2.45) is 0 Å². The molecule has 0 aromatic carbocycles. The Balaban J connectivity index is 1.78. The van der Waals surface area contributed by atoms with Crippen LogP contribution in [0.1, 0.15) is 29.3 Å². The quantitative estimate of drug-likeness (QED) is 0.858. The Bertz CT molecular complexity index is 522. The summed E-state index contributed by atoms with van der Waals surface area (Å²) in [5.41, 5.74) is 1.64. The fourth-order valence-electron chi connectivity index (χ4n) is 1.61. The topological polar surface area (TPSA) is 62.2 Å². The van der Waals surface area contributed by atoms with E-state index in [0.717, 1.165) is 22.7 Å². The third-order valence-electron chi connectivity index (χ3n) is 2.66. The van der Waals surface area contributed by atoms with Crippen molar-refractivity contribution < 1.29 is 9.90 Å². The molecule has 0 aliphatic carbocycles. The van der Waals surface area contributed by atoms with Crippen LogP contribution in [0, 0.1) is 0 Å². The molecule has 1 unspecified atom stereocenters. The first-order chi connectivity index (χ1) is 9.19. The molecule has 4 nitrogen and oxygen atoms in total. The van der Waals surface area contributed by atoms with Gasteiger partial charge in [0, 0.05) is 11.9 Å². The number of rotatable bonds is 6. The highest BCUT2D eigenvalue weighted by Crippen LogP contribution is 2.15. The van der Waals surface area contributed by atoms with Gasteiger partial charge in [-0.3, -0.25) is 4.79 Å². The monoisotopic (exact) mass is 296 g/mol. The van der Waals surface area contributed by atoms with Crippen molar-refractivity contribution in [2.45, 2.75) is 25.9 Å². The molecule has 6 heteroatoms. The molecule has 2 aromatic heterocycles. The minimum absolute atomic E-state index is 0.109. The molecule has 0 aliphatic rings. The van der Waals surface area contributed by atoms with Crippen LogP contribution in [-0.4, -0.2) is 22.5 Å². The predicted molar refractivity (Wildman–Crippen MR) is 77.5 cm³/mol. The number of aliphatic hydroxyl groups excluding tert-OH is 1. The SMILES string of the molecule is CCc1nc(CC(=O)NCC(O)c2ccsc2)cs1. The van der Waals surface area contributed by atoms with Crippen LogP contribution in [0.25, 0.3) is 0 Å². The Labute approximate surface area is 120 Å². The van der Waals surface area contributed by atoms with Crippen LogP contribution in [0.3, 0.4) is 0 Å². The lowest BCUT2D eigenvalue weighted by Crippen LogP contribution is -2.29. The molecule has 19 heavy (non-hydrogen) atoms. The molecule has 1 amide bonds. The standard InChI is InChI=1S/C13H16N2O2S2/c1-2-13-15-10(8-19-13)5-12(17)14-6-11(16)9-3-4-18-7-9/h3-4,7-8,11,16H,2,5-6H2,1H3,(H,14,17). The van der Waals surface area contributed by atoms with E-state index >= 15 is 0 Å². The summed E-state index contributed by atoms with van der Waals surface area (Å²) in [6.07, 6.45) is 0.521. The zero-order valence-corrected chi connectivity index (χ0v) is 12.3. The van der Waals surface area contributed by atoms with Crippen LogP contribution >= 0.6 is 22.7 Å². The van der Waals surface area contributed by atoms with E-state index in [-0.39, 0.29) is 18.9 Å². The molecular weight excluding hydrogens is 280 g/mol. The van der Waals surface area contributed by atoms with Crippen molar-refractivity contribution in [1.82, 2.24) is 10.3 Å². The van der Waals surface area contributed by atoms with E-state index < -0.39 is 6.10 Å². The molecule has 0 saturated carbocycles. The molecule has 0 saturated heterocycles. The van der Waals surface area contributed by atoms with Gasteiger partial charge >= 0.3 is 0 Å². The van der Waals surface area contributed by atoms with E-state index in [1.165, 1.54) is 11.3 Å². The minimum Gasteiger partial charge on any atom is -0.387 e. The highest BCUT2D eigenvalue weighted by atomic mass is 32.1. The van der Waals surface area contributed by atoms with Gasteiger partial charge in [0.05, 0.1) is 23.2 Å². The van der Waals surface area contributed by atoms with Gasteiger partial charge < -0.3 is 10.4 Å². The molecule has 0 aliphatic heterocycles. The summed E-state index contributed by atoms with van der Waals surface area (Å²) in [6.45, 7) is 2.28. The first-order valence-corrected chi connectivity index (χ1v) is 7.91. The van der Waals surface area contributed by atoms with Gasteiger partial charge in [-0.15, -0.1) is 11.3 Å². The van der Waals surface area contributed by atoms with E-state index in [4.69, 9.17) is 0 Å². The Hall–Kier alpha value is -1.24. The van der Waals surface area contributed by atoms with Gasteiger partial charge in [0.2, 0.25) is 5.91 Å². The molecule has 0 bridgehead atoms. The summed E-state index contributed by atoms with van der Waals surface area (Å²) in [4.78, 5) is 16.1. The van der Waals surface area contributed by atoms with Crippen molar-refractivity contribution in [2.75, 3.05) is 6.54 Å². The number of hydrogen-bond acceptors (Lipinski definition) is 5. The Morgan fingerprint density at radius 2 is 2.37 bits per heavy atom. The molecule has 1 atom stereocenters. The zero-order valence-electron chi connectivity index (χ0n) is 10.6. The maximum Gasteiger partial charge on any atom is 0.226 e. The molecule has 2 rings (SSSR count). The number of aromatic nitrogens is 1. The fourth-order valence-corrected chi connectivity index (χ4v) is 3.06. The van der Waals surface area contributed by atoms with Gasteiger partial charge in [0.25, 0.3) is 0 Å². The summed E-state index contributed by atoms with van der Waals surface area (Å²) in [5.74, 6) is -0.109. The van der Waals surface area contributed by atoms with Crippen molar-refractivity contribution in [3.8, 4) is 0 Å². The average molecular weight is 296 g/mol. The second-order valence-electron chi connectivity index (χ2n) is 4.14. The smallest absolute Gasteiger partial charge is 0.226 e. The van der Waals surface area contributed by atoms with Gasteiger partial charge in [-0.05, 0) is 28.8 Å². The van der Waals surface area contributed by atoms with Gasteiger partial charge in [-0.1, -0.05) is 6.92 Å². The number of carbonyl (C=O) groups is 1. The number of aliphatic hydroxyl groups is 1. The molecule has 2 aromatic rings. The zero-order chi connectivity index (χ0) is 13.7. The van der Waals surface area contributed by atoms with E-state index in [1.54, 1.807) is 11.3 Å². The second-order valence-corrected chi connectivity index (χ2v) is 5.86. The van der Waals surface area contributed by atoms with E-state index in [9.17, 15) is 9.90 Å². The highest BCUT2D eigenvalue weighted by Gasteiger charge is 2.11. The summed E-state index contributed by atoms with van der Waals surface area (Å²) in [5, 5.41) is 19.3. The number of nitrogens with zero attached hydrogens (tertiary/aromatic N) is 1. The van der Waals surface area contributed by atoms with Crippen molar-refractivity contribution >= 4 is 28.6 Å². The lowest BCUT2D eigenvalue weighted by Gasteiger charge is -2.09. The number of aryl methyl sites for hydroxylation is 1. The molecule has 0 spiro atoms. The van der Waals surface area contributed by atoms with Crippen LogP contribution < -0.4 is 5.32 Å². The Morgan fingerprint density at radius 1 is 1.53 bits per heavy atom. The van der Waals surface area contributed by atoms with Gasteiger partial charge in [-0.2, -0.15) is 11.3 Å². The number of thiazole rings is 1. The van der Waals surface area contributed by atoms with Crippen molar-refractivity contribution in [3.05, 3.63) is 38.5 Å². The number of hydrogen-bond donors (Lipinski definition) is 2. The van der Waals surface area contributed by atoms with Crippen LogP contribution in [-0.2, 0) is 17.6 Å². The lowest BCUT2D eigenvalue weighted by atomic mass is 10.2. The maximum absolute atomic E-state index is 11.7. The van der Waals surface area contributed by atoms with Crippen LogP contribution in [0.2, 0.25) is 0 Å². The Kier molecular flexibility index (Phi) is 5.07.